The number of halogens is 1. The zero-order chi connectivity index (χ0) is 22.3. The fourth-order valence-corrected chi connectivity index (χ4v) is 3.07. The number of carbonyl (C=O) groups excluding carboxylic acids is 2. The maximum Gasteiger partial charge on any atom is 0.261 e. The van der Waals surface area contributed by atoms with Gasteiger partial charge in [0.15, 0.2) is 6.61 Å². The van der Waals surface area contributed by atoms with Gasteiger partial charge in [-0.2, -0.15) is 0 Å². The molecule has 30 heavy (non-hydrogen) atoms. The van der Waals surface area contributed by atoms with Crippen LogP contribution in [0.2, 0.25) is 5.02 Å². The molecular formula is C24H31ClN2O3. The van der Waals surface area contributed by atoms with E-state index < -0.39 is 6.04 Å². The van der Waals surface area contributed by atoms with E-state index in [0.29, 0.717) is 23.2 Å². The van der Waals surface area contributed by atoms with E-state index in [1.807, 2.05) is 64.1 Å². The minimum absolute atomic E-state index is 0.158. The van der Waals surface area contributed by atoms with Crippen molar-refractivity contribution >= 4 is 23.4 Å². The minimum atomic E-state index is -0.657. The standard InChI is InChI=1S/C24H31ClN2O3/c1-16(2)13-26-24(29)19(5)27(14-20-8-6-7-9-22(20)25)23(28)15-30-21-11-10-17(3)18(4)12-21/h6-12,16,19H,13-15H2,1-5H3,(H,26,29)/t19-/m1/s1. The molecule has 0 aliphatic heterocycles. The SMILES string of the molecule is Cc1ccc(OCC(=O)N(Cc2ccccc2Cl)[C@H](C)C(=O)NCC(C)C)cc1C. The predicted molar refractivity (Wildman–Crippen MR) is 121 cm³/mol. The Hall–Kier alpha value is -2.53. The van der Waals surface area contributed by atoms with Crippen LogP contribution in [0, 0.1) is 19.8 Å². The molecule has 0 heterocycles. The van der Waals surface area contributed by atoms with Crippen molar-refractivity contribution in [1.29, 1.82) is 0 Å². The van der Waals surface area contributed by atoms with Crippen molar-refractivity contribution in [2.45, 2.75) is 47.2 Å². The molecule has 2 rings (SSSR count). The van der Waals surface area contributed by atoms with Gasteiger partial charge < -0.3 is 15.0 Å². The molecule has 162 valence electrons. The van der Waals surface area contributed by atoms with Gasteiger partial charge in [-0.25, -0.2) is 0 Å². The van der Waals surface area contributed by atoms with E-state index in [2.05, 4.69) is 5.32 Å². The molecule has 0 aliphatic rings. The van der Waals surface area contributed by atoms with Gasteiger partial charge in [0.05, 0.1) is 0 Å². The second-order valence-electron chi connectivity index (χ2n) is 7.96. The van der Waals surface area contributed by atoms with Crippen molar-refractivity contribution in [3.8, 4) is 5.75 Å². The van der Waals surface area contributed by atoms with Gasteiger partial charge in [0.25, 0.3) is 5.91 Å². The van der Waals surface area contributed by atoms with Gasteiger partial charge in [-0.05, 0) is 61.6 Å². The molecule has 0 bridgehead atoms. The molecule has 0 radical (unpaired) electrons. The maximum atomic E-state index is 13.0. The van der Waals surface area contributed by atoms with Gasteiger partial charge in [-0.1, -0.05) is 49.7 Å². The monoisotopic (exact) mass is 430 g/mol. The number of nitrogens with one attached hydrogen (secondary N) is 1. The molecule has 0 spiro atoms. The van der Waals surface area contributed by atoms with E-state index in [0.717, 1.165) is 16.7 Å². The van der Waals surface area contributed by atoms with Gasteiger partial charge in [-0.3, -0.25) is 9.59 Å². The summed E-state index contributed by atoms with van der Waals surface area (Å²) >= 11 is 6.30. The van der Waals surface area contributed by atoms with Crippen molar-refractivity contribution in [3.63, 3.8) is 0 Å². The van der Waals surface area contributed by atoms with Crippen molar-refractivity contribution in [3.05, 3.63) is 64.2 Å². The second kappa shape index (κ2) is 11.0. The van der Waals surface area contributed by atoms with Crippen LogP contribution in [0.4, 0.5) is 0 Å². The molecular weight excluding hydrogens is 400 g/mol. The van der Waals surface area contributed by atoms with Crippen LogP contribution in [0.25, 0.3) is 0 Å². The zero-order valence-corrected chi connectivity index (χ0v) is 19.1. The molecule has 5 nitrogen and oxygen atoms in total. The number of amides is 2. The number of hydrogen-bond acceptors (Lipinski definition) is 3. The first kappa shape index (κ1) is 23.7. The molecule has 0 aromatic heterocycles. The topological polar surface area (TPSA) is 58.6 Å². The number of nitrogens with zero attached hydrogens (tertiary/aromatic N) is 1. The Kier molecular flexibility index (Phi) is 8.72. The lowest BCUT2D eigenvalue weighted by Crippen LogP contribution is -2.49. The number of carbonyl (C=O) groups is 2. The summed E-state index contributed by atoms with van der Waals surface area (Å²) in [5.41, 5.74) is 3.03. The highest BCUT2D eigenvalue weighted by molar-refractivity contribution is 6.31. The highest BCUT2D eigenvalue weighted by Crippen LogP contribution is 2.20. The van der Waals surface area contributed by atoms with E-state index in [1.54, 1.807) is 13.0 Å². The van der Waals surface area contributed by atoms with Crippen molar-refractivity contribution in [2.75, 3.05) is 13.2 Å². The Morgan fingerprint density at radius 3 is 2.40 bits per heavy atom. The molecule has 0 unspecified atom stereocenters. The van der Waals surface area contributed by atoms with Crippen LogP contribution in [0.1, 0.15) is 37.5 Å². The molecule has 0 fully saturated rings. The summed E-state index contributed by atoms with van der Waals surface area (Å²) in [6.07, 6.45) is 0. The normalized spacial score (nSPS) is 11.8. The number of hydrogen-bond donors (Lipinski definition) is 1. The van der Waals surface area contributed by atoms with E-state index in [1.165, 1.54) is 4.90 Å². The van der Waals surface area contributed by atoms with Gasteiger partial charge in [-0.15, -0.1) is 0 Å². The largest absolute Gasteiger partial charge is 0.484 e. The first-order chi connectivity index (χ1) is 14.2. The molecule has 1 N–H and O–H groups in total. The zero-order valence-electron chi connectivity index (χ0n) is 18.4. The first-order valence-electron chi connectivity index (χ1n) is 10.2. The number of ether oxygens (including phenoxy) is 1. The van der Waals surface area contributed by atoms with E-state index >= 15 is 0 Å². The Morgan fingerprint density at radius 1 is 1.07 bits per heavy atom. The molecule has 0 saturated heterocycles. The van der Waals surface area contributed by atoms with Gasteiger partial charge in [0, 0.05) is 18.1 Å². The van der Waals surface area contributed by atoms with Gasteiger partial charge in [0.1, 0.15) is 11.8 Å². The quantitative estimate of drug-likeness (QED) is 0.636. The highest BCUT2D eigenvalue weighted by Gasteiger charge is 2.27. The van der Waals surface area contributed by atoms with Gasteiger partial charge >= 0.3 is 0 Å². The average Bonchev–Trinajstić information content (AvgIpc) is 2.71. The van der Waals surface area contributed by atoms with Crippen LogP contribution in [0.3, 0.4) is 0 Å². The van der Waals surface area contributed by atoms with Crippen molar-refractivity contribution < 1.29 is 14.3 Å². The van der Waals surface area contributed by atoms with Crippen LogP contribution in [-0.2, 0) is 16.1 Å². The molecule has 0 aliphatic carbocycles. The fourth-order valence-electron chi connectivity index (χ4n) is 2.88. The first-order valence-corrected chi connectivity index (χ1v) is 10.6. The number of aryl methyl sites for hydroxylation is 2. The van der Waals surface area contributed by atoms with Crippen molar-refractivity contribution in [2.24, 2.45) is 5.92 Å². The molecule has 1 atom stereocenters. The highest BCUT2D eigenvalue weighted by atomic mass is 35.5. The summed E-state index contributed by atoms with van der Waals surface area (Å²) in [6, 6.07) is 12.4. The lowest BCUT2D eigenvalue weighted by Gasteiger charge is -2.29. The van der Waals surface area contributed by atoms with E-state index in [-0.39, 0.29) is 25.0 Å². The predicted octanol–water partition coefficient (Wildman–Crippen LogP) is 4.53. The second-order valence-corrected chi connectivity index (χ2v) is 8.37. The lowest BCUT2D eigenvalue weighted by atomic mass is 10.1. The molecule has 2 aromatic carbocycles. The molecule has 2 aromatic rings. The lowest BCUT2D eigenvalue weighted by molar-refractivity contribution is -0.142. The smallest absolute Gasteiger partial charge is 0.261 e. The van der Waals surface area contributed by atoms with E-state index in [4.69, 9.17) is 16.3 Å². The third kappa shape index (κ3) is 6.77. The van der Waals surface area contributed by atoms with Gasteiger partial charge in [0.2, 0.25) is 5.91 Å². The van der Waals surface area contributed by atoms with Crippen molar-refractivity contribution in [1.82, 2.24) is 10.2 Å². The average molecular weight is 431 g/mol. The summed E-state index contributed by atoms with van der Waals surface area (Å²) < 4.78 is 5.72. The Balaban J connectivity index is 2.16. The summed E-state index contributed by atoms with van der Waals surface area (Å²) in [4.78, 5) is 27.2. The van der Waals surface area contributed by atoms with Crippen LogP contribution in [-0.4, -0.2) is 35.9 Å². The van der Waals surface area contributed by atoms with Crippen LogP contribution in [0.5, 0.6) is 5.75 Å². The third-order valence-corrected chi connectivity index (χ3v) is 5.36. The molecule has 0 saturated carbocycles. The van der Waals surface area contributed by atoms with Crippen LogP contribution >= 0.6 is 11.6 Å². The number of rotatable bonds is 9. The fraction of sp³-hybridized carbons (Fsp3) is 0.417. The Bertz CT molecular complexity index is 883. The number of benzene rings is 2. The maximum absolute atomic E-state index is 13.0. The molecule has 2 amide bonds. The minimum Gasteiger partial charge on any atom is -0.484 e. The summed E-state index contributed by atoms with van der Waals surface area (Å²) in [5.74, 6) is 0.471. The Labute approximate surface area is 184 Å². The summed E-state index contributed by atoms with van der Waals surface area (Å²) in [5, 5.41) is 3.45. The summed E-state index contributed by atoms with van der Waals surface area (Å²) in [6.45, 7) is 10.4. The van der Waals surface area contributed by atoms with Crippen LogP contribution < -0.4 is 10.1 Å². The van der Waals surface area contributed by atoms with E-state index in [9.17, 15) is 9.59 Å². The molecule has 6 heteroatoms. The summed E-state index contributed by atoms with van der Waals surface area (Å²) in [7, 11) is 0. The Morgan fingerprint density at radius 2 is 1.77 bits per heavy atom. The third-order valence-electron chi connectivity index (χ3n) is 4.99. The van der Waals surface area contributed by atoms with Crippen LogP contribution in [0.15, 0.2) is 42.5 Å².